The van der Waals surface area contributed by atoms with Crippen molar-refractivity contribution >= 4 is 11.7 Å². The van der Waals surface area contributed by atoms with Crippen LogP contribution in [0.4, 0.5) is 13.2 Å². The van der Waals surface area contributed by atoms with Gasteiger partial charge in [0.1, 0.15) is 6.04 Å². The molecule has 2 heterocycles. The van der Waals surface area contributed by atoms with E-state index in [-0.39, 0.29) is 5.91 Å². The zero-order chi connectivity index (χ0) is 13.5. The van der Waals surface area contributed by atoms with E-state index in [1.54, 1.807) is 7.05 Å². The Balaban J connectivity index is 2.22. The van der Waals surface area contributed by atoms with Crippen LogP contribution >= 0.6 is 0 Å². The lowest BCUT2D eigenvalue weighted by molar-refractivity contribution is -0.129. The first-order valence-electron chi connectivity index (χ1n) is 5.09. The maximum absolute atomic E-state index is 12.2. The highest BCUT2D eigenvalue weighted by atomic mass is 19.4. The van der Waals surface area contributed by atoms with Gasteiger partial charge in [0.2, 0.25) is 5.91 Å². The second kappa shape index (κ2) is 4.07. The van der Waals surface area contributed by atoms with Gasteiger partial charge in [-0.25, -0.2) is 4.68 Å². The van der Waals surface area contributed by atoms with Crippen LogP contribution in [-0.2, 0) is 4.79 Å². The van der Waals surface area contributed by atoms with E-state index in [1.165, 1.54) is 4.90 Å². The highest BCUT2D eigenvalue weighted by Gasteiger charge is 2.42. The van der Waals surface area contributed by atoms with E-state index in [1.807, 2.05) is 0 Å². The predicted molar refractivity (Wildman–Crippen MR) is 51.7 cm³/mol. The number of ketones is 1. The van der Waals surface area contributed by atoms with E-state index < -0.39 is 23.7 Å². The molecule has 0 radical (unpaired) electrons. The van der Waals surface area contributed by atoms with Gasteiger partial charge in [0.15, 0.2) is 5.69 Å². The van der Waals surface area contributed by atoms with Gasteiger partial charge in [-0.15, -0.1) is 5.10 Å². The van der Waals surface area contributed by atoms with Crippen LogP contribution in [-0.4, -0.2) is 51.4 Å². The van der Waals surface area contributed by atoms with E-state index in [4.69, 9.17) is 0 Å². The molecule has 0 bridgehead atoms. The Bertz CT molecular complexity index is 496. The fourth-order valence-corrected chi connectivity index (χ4v) is 1.73. The van der Waals surface area contributed by atoms with E-state index in [9.17, 15) is 22.8 Å². The molecule has 1 unspecified atom stereocenters. The second-order valence-corrected chi connectivity index (χ2v) is 3.97. The summed E-state index contributed by atoms with van der Waals surface area (Å²) in [7, 11) is 1.58. The summed E-state index contributed by atoms with van der Waals surface area (Å²) in [6.45, 7) is 0.492. The number of nitrogens with zero attached hydrogens (tertiary/aromatic N) is 4. The van der Waals surface area contributed by atoms with Crippen LogP contribution in [0, 0.1) is 0 Å². The molecule has 1 fully saturated rings. The fraction of sp³-hybridized carbons (Fsp3) is 0.556. The minimum Gasteiger partial charge on any atom is -0.344 e. The van der Waals surface area contributed by atoms with E-state index in [0.717, 1.165) is 10.9 Å². The molecule has 1 aromatic rings. The minimum atomic E-state index is -4.99. The summed E-state index contributed by atoms with van der Waals surface area (Å²) in [4.78, 5) is 24.0. The van der Waals surface area contributed by atoms with Gasteiger partial charge < -0.3 is 4.90 Å². The molecule has 0 aliphatic carbocycles. The Morgan fingerprint density at radius 1 is 1.50 bits per heavy atom. The lowest BCUT2D eigenvalue weighted by Gasteiger charge is -2.09. The van der Waals surface area contributed by atoms with Crippen molar-refractivity contribution in [3.8, 4) is 0 Å². The zero-order valence-corrected chi connectivity index (χ0v) is 9.31. The average molecular weight is 262 g/mol. The Morgan fingerprint density at radius 3 is 2.67 bits per heavy atom. The van der Waals surface area contributed by atoms with Crippen LogP contribution in [0.1, 0.15) is 23.0 Å². The Morgan fingerprint density at radius 2 is 2.17 bits per heavy atom. The summed E-state index contributed by atoms with van der Waals surface area (Å²) in [5.41, 5.74) is -0.801. The van der Waals surface area contributed by atoms with Crippen molar-refractivity contribution < 1.29 is 22.8 Å². The highest BCUT2D eigenvalue weighted by Crippen LogP contribution is 2.23. The third-order valence-corrected chi connectivity index (χ3v) is 2.72. The number of likely N-dealkylation sites (tertiary alicyclic amines) is 1. The standard InChI is InChI=1S/C9H9F3N4O2/c1-15-3-2-6(8(15)18)16-4-5(13-14-16)7(17)9(10,11)12/h4,6H,2-3H2,1H3. The van der Waals surface area contributed by atoms with Crippen molar-refractivity contribution in [3.05, 3.63) is 11.9 Å². The molecule has 1 amide bonds. The van der Waals surface area contributed by atoms with Crippen LogP contribution in [0.2, 0.25) is 0 Å². The number of halogens is 3. The van der Waals surface area contributed by atoms with Gasteiger partial charge in [0, 0.05) is 13.6 Å². The largest absolute Gasteiger partial charge is 0.456 e. The molecule has 0 aromatic carbocycles. The minimum absolute atomic E-state index is 0.258. The summed E-state index contributed by atoms with van der Waals surface area (Å²) in [6, 6.07) is -0.683. The number of carbonyl (C=O) groups is 2. The van der Waals surface area contributed by atoms with Crippen LogP contribution in [0.25, 0.3) is 0 Å². The number of hydrogen-bond donors (Lipinski definition) is 0. The topological polar surface area (TPSA) is 68.1 Å². The van der Waals surface area contributed by atoms with Gasteiger partial charge >= 0.3 is 6.18 Å². The highest BCUT2D eigenvalue weighted by molar-refractivity contribution is 5.98. The normalized spacial score (nSPS) is 20.6. The molecule has 1 saturated heterocycles. The number of rotatable bonds is 2. The fourth-order valence-electron chi connectivity index (χ4n) is 1.73. The van der Waals surface area contributed by atoms with Crippen LogP contribution < -0.4 is 0 Å². The molecule has 0 saturated carbocycles. The summed E-state index contributed by atoms with van der Waals surface area (Å²) >= 11 is 0. The van der Waals surface area contributed by atoms with Gasteiger partial charge in [-0.2, -0.15) is 13.2 Å². The summed E-state index contributed by atoms with van der Waals surface area (Å²) in [5.74, 6) is -2.32. The summed E-state index contributed by atoms with van der Waals surface area (Å²) in [5, 5.41) is 6.58. The number of alkyl halides is 3. The SMILES string of the molecule is CN1CCC(n2cc(C(=O)C(F)(F)F)nn2)C1=O. The molecule has 98 valence electrons. The molecule has 0 N–H and O–H groups in total. The lowest BCUT2D eigenvalue weighted by atomic mass is 10.2. The quantitative estimate of drug-likeness (QED) is 0.725. The lowest BCUT2D eigenvalue weighted by Crippen LogP contribution is -2.25. The third kappa shape index (κ3) is 2.07. The average Bonchev–Trinajstić information content (AvgIpc) is 2.85. The van der Waals surface area contributed by atoms with Crippen LogP contribution in [0.15, 0.2) is 6.20 Å². The molecule has 0 spiro atoms. The van der Waals surface area contributed by atoms with E-state index in [0.29, 0.717) is 13.0 Å². The maximum atomic E-state index is 12.2. The van der Waals surface area contributed by atoms with E-state index >= 15 is 0 Å². The molecule has 18 heavy (non-hydrogen) atoms. The maximum Gasteiger partial charge on any atom is 0.456 e. The summed E-state index contributed by atoms with van der Waals surface area (Å²) < 4.78 is 37.5. The van der Waals surface area contributed by atoms with Gasteiger partial charge in [0.05, 0.1) is 6.20 Å². The number of amides is 1. The van der Waals surface area contributed by atoms with Gasteiger partial charge in [-0.1, -0.05) is 5.21 Å². The first kappa shape index (κ1) is 12.5. The molecule has 9 heteroatoms. The van der Waals surface area contributed by atoms with Crippen molar-refractivity contribution in [1.82, 2.24) is 19.9 Å². The molecule has 1 aliphatic heterocycles. The van der Waals surface area contributed by atoms with Crippen molar-refractivity contribution in [2.75, 3.05) is 13.6 Å². The van der Waals surface area contributed by atoms with Crippen molar-refractivity contribution in [2.45, 2.75) is 18.6 Å². The first-order chi connectivity index (χ1) is 8.30. The molecule has 1 aliphatic rings. The molecular formula is C9H9F3N4O2. The zero-order valence-electron chi connectivity index (χ0n) is 9.31. The van der Waals surface area contributed by atoms with E-state index in [2.05, 4.69) is 10.3 Å². The molecule has 2 rings (SSSR count). The van der Waals surface area contributed by atoms with Crippen molar-refractivity contribution in [3.63, 3.8) is 0 Å². The monoisotopic (exact) mass is 262 g/mol. The smallest absolute Gasteiger partial charge is 0.344 e. The van der Waals surface area contributed by atoms with Crippen molar-refractivity contribution in [1.29, 1.82) is 0 Å². The number of hydrogen-bond acceptors (Lipinski definition) is 4. The molecule has 1 aromatic heterocycles. The first-order valence-corrected chi connectivity index (χ1v) is 5.09. The Kier molecular flexibility index (Phi) is 2.83. The molecule has 1 atom stereocenters. The molecular weight excluding hydrogens is 253 g/mol. The van der Waals surface area contributed by atoms with Gasteiger partial charge in [-0.05, 0) is 6.42 Å². The number of Topliss-reactive ketones (excluding diaryl/α,β-unsaturated/α-hetero) is 1. The number of aromatic nitrogens is 3. The summed E-state index contributed by atoms with van der Waals surface area (Å²) in [6.07, 6.45) is -3.70. The van der Waals surface area contributed by atoms with Crippen LogP contribution in [0.5, 0.6) is 0 Å². The Hall–Kier alpha value is -1.93. The predicted octanol–water partition coefficient (Wildman–Crippen LogP) is 0.426. The number of carbonyl (C=O) groups excluding carboxylic acids is 2. The Labute approximate surface area is 99.4 Å². The second-order valence-electron chi connectivity index (χ2n) is 3.97. The van der Waals surface area contributed by atoms with Gasteiger partial charge in [-0.3, -0.25) is 9.59 Å². The van der Waals surface area contributed by atoms with Gasteiger partial charge in [0.25, 0.3) is 5.78 Å². The van der Waals surface area contributed by atoms with Crippen LogP contribution in [0.3, 0.4) is 0 Å². The number of likely N-dealkylation sites (N-methyl/N-ethyl adjacent to an activating group) is 1. The molecule has 6 nitrogen and oxygen atoms in total. The van der Waals surface area contributed by atoms with Crippen molar-refractivity contribution in [2.24, 2.45) is 0 Å². The third-order valence-electron chi connectivity index (χ3n) is 2.72.